The van der Waals surface area contributed by atoms with E-state index in [1.54, 1.807) is 16.8 Å². The zero-order valence-corrected chi connectivity index (χ0v) is 11.2. The lowest BCUT2D eigenvalue weighted by atomic mass is 10.5. The number of rotatable bonds is 3. The highest BCUT2D eigenvalue weighted by Crippen LogP contribution is 2.32. The van der Waals surface area contributed by atoms with Crippen molar-refractivity contribution in [1.82, 2.24) is 14.5 Å². The van der Waals surface area contributed by atoms with Gasteiger partial charge in [-0.2, -0.15) is 0 Å². The van der Waals surface area contributed by atoms with E-state index in [9.17, 15) is 0 Å². The van der Waals surface area contributed by atoms with Crippen LogP contribution in [0.25, 0.3) is 0 Å². The molecular formula is C10H9Cl2N3OS. The second-order valence-electron chi connectivity index (χ2n) is 3.29. The van der Waals surface area contributed by atoms with Crippen LogP contribution in [0.4, 0.5) is 0 Å². The van der Waals surface area contributed by atoms with Crippen molar-refractivity contribution in [3.8, 4) is 0 Å². The average Bonchev–Trinajstić information content (AvgIpc) is 2.64. The van der Waals surface area contributed by atoms with Crippen molar-refractivity contribution in [3.05, 3.63) is 34.2 Å². The third kappa shape index (κ3) is 2.74. The third-order valence-corrected chi connectivity index (χ3v) is 3.85. The van der Waals surface area contributed by atoms with Crippen LogP contribution in [0, 0.1) is 0 Å². The molecule has 0 fully saturated rings. The van der Waals surface area contributed by atoms with E-state index < -0.39 is 0 Å². The smallest absolute Gasteiger partial charge is 0.174 e. The normalized spacial score (nSPS) is 10.8. The third-order valence-electron chi connectivity index (χ3n) is 2.17. The topological polar surface area (TPSA) is 50.9 Å². The molecule has 0 radical (unpaired) electrons. The van der Waals surface area contributed by atoms with Gasteiger partial charge in [0.15, 0.2) is 5.16 Å². The Labute approximate surface area is 113 Å². The molecule has 2 aromatic rings. The predicted octanol–water partition coefficient (Wildman–Crippen LogP) is 2.77. The fourth-order valence-electron chi connectivity index (χ4n) is 1.23. The predicted molar refractivity (Wildman–Crippen MR) is 67.5 cm³/mol. The van der Waals surface area contributed by atoms with Gasteiger partial charge in [0.25, 0.3) is 0 Å². The van der Waals surface area contributed by atoms with Gasteiger partial charge in [-0.1, -0.05) is 23.2 Å². The summed E-state index contributed by atoms with van der Waals surface area (Å²) < 4.78 is 1.79. The van der Waals surface area contributed by atoms with Crippen LogP contribution in [-0.4, -0.2) is 19.6 Å². The van der Waals surface area contributed by atoms with Crippen LogP contribution in [0.5, 0.6) is 0 Å². The summed E-state index contributed by atoms with van der Waals surface area (Å²) in [4.78, 5) is 8.31. The number of imidazole rings is 1. The number of pyridine rings is 1. The SMILES string of the molecule is Cn1c(CO)cnc1Sc1ncc(Cl)cc1Cl. The largest absolute Gasteiger partial charge is 0.390 e. The molecule has 7 heteroatoms. The molecule has 0 aliphatic carbocycles. The molecule has 0 aliphatic rings. The molecule has 0 atom stereocenters. The number of hydrogen-bond acceptors (Lipinski definition) is 4. The lowest BCUT2D eigenvalue weighted by Crippen LogP contribution is -1.97. The second kappa shape index (κ2) is 5.27. The molecule has 0 aromatic carbocycles. The number of hydrogen-bond donors (Lipinski definition) is 1. The van der Waals surface area contributed by atoms with Crippen LogP contribution >= 0.6 is 35.0 Å². The quantitative estimate of drug-likeness (QED) is 0.944. The van der Waals surface area contributed by atoms with Gasteiger partial charge in [-0.25, -0.2) is 9.97 Å². The maximum Gasteiger partial charge on any atom is 0.174 e. The Bertz CT molecular complexity index is 544. The first-order valence-electron chi connectivity index (χ1n) is 4.72. The van der Waals surface area contributed by atoms with Gasteiger partial charge in [0.2, 0.25) is 0 Å². The van der Waals surface area contributed by atoms with E-state index in [4.69, 9.17) is 28.3 Å². The van der Waals surface area contributed by atoms with Crippen LogP contribution in [0.2, 0.25) is 10.0 Å². The molecule has 90 valence electrons. The molecule has 1 N–H and O–H groups in total. The summed E-state index contributed by atoms with van der Waals surface area (Å²) in [6.45, 7) is -0.0498. The number of aromatic nitrogens is 3. The molecule has 4 nitrogen and oxygen atoms in total. The van der Waals surface area contributed by atoms with Crippen molar-refractivity contribution >= 4 is 35.0 Å². The Morgan fingerprint density at radius 3 is 2.71 bits per heavy atom. The summed E-state index contributed by atoms with van der Waals surface area (Å²) >= 11 is 13.1. The van der Waals surface area contributed by atoms with E-state index in [0.717, 1.165) is 5.69 Å². The van der Waals surface area contributed by atoms with Crippen molar-refractivity contribution in [2.24, 2.45) is 7.05 Å². The van der Waals surface area contributed by atoms with Gasteiger partial charge in [-0.05, 0) is 17.8 Å². The van der Waals surface area contributed by atoms with Gasteiger partial charge >= 0.3 is 0 Å². The monoisotopic (exact) mass is 289 g/mol. The summed E-state index contributed by atoms with van der Waals surface area (Å²) in [6, 6.07) is 1.63. The van der Waals surface area contributed by atoms with Gasteiger partial charge in [0, 0.05) is 13.2 Å². The standard InChI is InChI=1S/C10H9Cl2N3OS/c1-15-7(5-16)4-14-10(15)17-9-8(12)2-6(11)3-13-9/h2-4,16H,5H2,1H3. The molecule has 0 spiro atoms. The average molecular weight is 290 g/mol. The fraction of sp³-hybridized carbons (Fsp3) is 0.200. The molecular weight excluding hydrogens is 281 g/mol. The summed E-state index contributed by atoms with van der Waals surface area (Å²) in [5.41, 5.74) is 0.734. The van der Waals surface area contributed by atoms with Crippen LogP contribution in [0.3, 0.4) is 0 Å². The Kier molecular flexibility index (Phi) is 3.93. The minimum atomic E-state index is -0.0498. The van der Waals surface area contributed by atoms with E-state index in [-0.39, 0.29) is 6.61 Å². The minimum Gasteiger partial charge on any atom is -0.390 e. The molecule has 0 saturated heterocycles. The maximum atomic E-state index is 9.06. The first-order valence-corrected chi connectivity index (χ1v) is 6.29. The Morgan fingerprint density at radius 1 is 1.35 bits per heavy atom. The van der Waals surface area contributed by atoms with Crippen molar-refractivity contribution in [3.63, 3.8) is 0 Å². The number of halogens is 2. The van der Waals surface area contributed by atoms with E-state index in [1.807, 2.05) is 7.05 Å². The number of nitrogens with zero attached hydrogens (tertiary/aromatic N) is 3. The summed E-state index contributed by atoms with van der Waals surface area (Å²) in [5.74, 6) is 0. The lowest BCUT2D eigenvalue weighted by Gasteiger charge is -2.04. The van der Waals surface area contributed by atoms with Crippen molar-refractivity contribution in [2.45, 2.75) is 16.8 Å². The zero-order valence-electron chi connectivity index (χ0n) is 8.89. The highest BCUT2D eigenvalue weighted by Gasteiger charge is 2.11. The molecule has 0 unspecified atom stereocenters. The maximum absolute atomic E-state index is 9.06. The second-order valence-corrected chi connectivity index (χ2v) is 5.09. The van der Waals surface area contributed by atoms with E-state index >= 15 is 0 Å². The van der Waals surface area contributed by atoms with E-state index in [0.29, 0.717) is 20.2 Å². The van der Waals surface area contributed by atoms with Gasteiger partial charge < -0.3 is 9.67 Å². The zero-order chi connectivity index (χ0) is 12.4. The molecule has 2 rings (SSSR count). The molecule has 0 aliphatic heterocycles. The van der Waals surface area contributed by atoms with E-state index in [2.05, 4.69) is 9.97 Å². The summed E-state index contributed by atoms with van der Waals surface area (Å²) in [6.07, 6.45) is 3.15. The molecule has 2 aromatic heterocycles. The van der Waals surface area contributed by atoms with E-state index in [1.165, 1.54) is 18.0 Å². The Balaban J connectivity index is 2.28. The number of aliphatic hydroxyl groups excluding tert-OH is 1. The van der Waals surface area contributed by atoms with Gasteiger partial charge in [0.1, 0.15) is 5.03 Å². The van der Waals surface area contributed by atoms with Gasteiger partial charge in [-0.15, -0.1) is 0 Å². The van der Waals surface area contributed by atoms with Gasteiger partial charge in [0.05, 0.1) is 28.5 Å². The van der Waals surface area contributed by atoms with Crippen LogP contribution in [0.15, 0.2) is 28.6 Å². The highest BCUT2D eigenvalue weighted by atomic mass is 35.5. The van der Waals surface area contributed by atoms with Crippen LogP contribution in [-0.2, 0) is 13.7 Å². The first-order chi connectivity index (χ1) is 8.11. The minimum absolute atomic E-state index is 0.0498. The van der Waals surface area contributed by atoms with Gasteiger partial charge in [-0.3, -0.25) is 0 Å². The van der Waals surface area contributed by atoms with Crippen molar-refractivity contribution < 1.29 is 5.11 Å². The first kappa shape index (κ1) is 12.7. The molecule has 0 amide bonds. The molecule has 2 heterocycles. The van der Waals surface area contributed by atoms with Crippen molar-refractivity contribution in [1.29, 1.82) is 0 Å². The Hall–Kier alpha value is -0.750. The number of aliphatic hydroxyl groups is 1. The Morgan fingerprint density at radius 2 is 2.12 bits per heavy atom. The molecule has 0 bridgehead atoms. The lowest BCUT2D eigenvalue weighted by molar-refractivity contribution is 0.271. The highest BCUT2D eigenvalue weighted by molar-refractivity contribution is 7.99. The molecule has 17 heavy (non-hydrogen) atoms. The summed E-state index contributed by atoms with van der Waals surface area (Å²) in [7, 11) is 1.82. The van der Waals surface area contributed by atoms with Crippen molar-refractivity contribution in [2.75, 3.05) is 0 Å². The fourth-order valence-corrected chi connectivity index (χ4v) is 2.52. The van der Waals surface area contributed by atoms with Crippen LogP contribution in [0.1, 0.15) is 5.69 Å². The molecule has 0 saturated carbocycles. The summed E-state index contributed by atoms with van der Waals surface area (Å²) in [5, 5.41) is 11.4. The van der Waals surface area contributed by atoms with Crippen LogP contribution < -0.4 is 0 Å².